The number of aromatic nitrogens is 3. The summed E-state index contributed by atoms with van der Waals surface area (Å²) in [5.41, 5.74) is 1.59. The molecule has 1 atom stereocenters. The van der Waals surface area contributed by atoms with E-state index < -0.39 is 23.1 Å². The fraction of sp³-hybridized carbons (Fsp3) is 0.391. The Hall–Kier alpha value is -3.53. The van der Waals surface area contributed by atoms with E-state index in [2.05, 4.69) is 25.8 Å². The van der Waals surface area contributed by atoms with Crippen LogP contribution in [0.25, 0.3) is 22.3 Å². The van der Waals surface area contributed by atoms with Crippen molar-refractivity contribution in [1.29, 1.82) is 0 Å². The van der Waals surface area contributed by atoms with E-state index in [1.807, 2.05) is 20.8 Å². The quantitative estimate of drug-likeness (QED) is 0.481. The lowest BCUT2D eigenvalue weighted by molar-refractivity contribution is -0.127. The predicted molar refractivity (Wildman–Crippen MR) is 121 cm³/mol. The van der Waals surface area contributed by atoms with Gasteiger partial charge in [-0.1, -0.05) is 0 Å². The smallest absolute Gasteiger partial charge is 0.255 e. The van der Waals surface area contributed by atoms with Gasteiger partial charge in [-0.05, 0) is 52.0 Å². The third-order valence-corrected chi connectivity index (χ3v) is 5.48. The van der Waals surface area contributed by atoms with Crippen LogP contribution in [0, 0.1) is 12.7 Å². The number of piperazine rings is 1. The monoisotopic (exact) mass is 454 g/mol. The van der Waals surface area contributed by atoms with Crippen molar-refractivity contribution in [1.82, 2.24) is 30.7 Å². The summed E-state index contributed by atoms with van der Waals surface area (Å²) < 4.78 is 14.0. The molecular weight excluding hydrogens is 427 g/mol. The molecule has 1 fully saturated rings. The van der Waals surface area contributed by atoms with Gasteiger partial charge in [-0.15, -0.1) is 0 Å². The van der Waals surface area contributed by atoms with Gasteiger partial charge in [-0.25, -0.2) is 9.37 Å². The summed E-state index contributed by atoms with van der Waals surface area (Å²) in [6.07, 6.45) is 0. The average molecular weight is 455 g/mol. The minimum absolute atomic E-state index is 0.238. The highest BCUT2D eigenvalue weighted by Gasteiger charge is 2.35. The molecule has 3 aromatic rings. The lowest BCUT2D eigenvalue weighted by Crippen LogP contribution is -2.61. The number of phenolic OH excluding ortho intramolecular Hbond substituents is 1. The van der Waals surface area contributed by atoms with Crippen LogP contribution in [0.5, 0.6) is 5.75 Å². The first-order chi connectivity index (χ1) is 15.5. The minimum Gasteiger partial charge on any atom is -0.505 e. The van der Waals surface area contributed by atoms with E-state index >= 15 is 0 Å². The van der Waals surface area contributed by atoms with Crippen LogP contribution in [0.1, 0.15) is 36.8 Å². The molecule has 0 unspecified atom stereocenters. The molecule has 2 aromatic heterocycles. The molecule has 4 rings (SSSR count). The van der Waals surface area contributed by atoms with E-state index in [4.69, 9.17) is 0 Å². The maximum Gasteiger partial charge on any atom is 0.255 e. The molecule has 1 aliphatic rings. The van der Waals surface area contributed by atoms with Crippen LogP contribution < -0.4 is 10.6 Å². The van der Waals surface area contributed by atoms with Crippen LogP contribution >= 0.6 is 0 Å². The largest absolute Gasteiger partial charge is 0.505 e. The van der Waals surface area contributed by atoms with E-state index in [-0.39, 0.29) is 11.8 Å². The summed E-state index contributed by atoms with van der Waals surface area (Å²) in [4.78, 5) is 32.8. The Morgan fingerprint density at radius 1 is 1.27 bits per heavy atom. The molecule has 10 heteroatoms. The van der Waals surface area contributed by atoms with Crippen LogP contribution in [0.4, 0.5) is 4.39 Å². The SMILES string of the molecule is Cc1[nH]nc2nc(-c3ccc(O)c(F)c3)cc(C(=O)N3CCNC[C@H]3C(=O)NC(C)(C)C)c12. The van der Waals surface area contributed by atoms with Crippen LogP contribution in [0.2, 0.25) is 0 Å². The van der Waals surface area contributed by atoms with Gasteiger partial charge in [0, 0.05) is 36.4 Å². The Bertz CT molecular complexity index is 1230. The van der Waals surface area contributed by atoms with Gasteiger partial charge in [0.15, 0.2) is 17.2 Å². The van der Waals surface area contributed by atoms with Crippen molar-refractivity contribution in [2.45, 2.75) is 39.3 Å². The van der Waals surface area contributed by atoms with Crippen molar-refractivity contribution in [3.05, 3.63) is 41.3 Å². The summed E-state index contributed by atoms with van der Waals surface area (Å²) in [5, 5.41) is 23.2. The van der Waals surface area contributed by atoms with Gasteiger partial charge in [0.1, 0.15) is 6.04 Å². The fourth-order valence-electron chi connectivity index (χ4n) is 3.95. The third-order valence-electron chi connectivity index (χ3n) is 5.48. The first-order valence-electron chi connectivity index (χ1n) is 10.7. The van der Waals surface area contributed by atoms with E-state index in [9.17, 15) is 19.1 Å². The molecule has 1 aromatic carbocycles. The third kappa shape index (κ3) is 4.51. The van der Waals surface area contributed by atoms with Gasteiger partial charge in [0.05, 0.1) is 16.6 Å². The van der Waals surface area contributed by atoms with Crippen LogP contribution in [-0.4, -0.2) is 68.2 Å². The van der Waals surface area contributed by atoms with Crippen LogP contribution in [0.15, 0.2) is 24.3 Å². The predicted octanol–water partition coefficient (Wildman–Crippen LogP) is 2.11. The molecule has 1 saturated heterocycles. The number of rotatable bonds is 3. The highest BCUT2D eigenvalue weighted by molar-refractivity contribution is 6.08. The molecule has 9 nitrogen and oxygen atoms in total. The number of hydrogen-bond acceptors (Lipinski definition) is 6. The molecule has 1 aliphatic heterocycles. The number of aromatic hydroxyl groups is 1. The Morgan fingerprint density at radius 2 is 2.03 bits per heavy atom. The molecule has 0 saturated carbocycles. The van der Waals surface area contributed by atoms with E-state index in [1.165, 1.54) is 12.1 Å². The Labute approximate surface area is 190 Å². The number of benzene rings is 1. The molecule has 4 N–H and O–H groups in total. The zero-order valence-electron chi connectivity index (χ0n) is 19.0. The zero-order valence-corrected chi connectivity index (χ0v) is 19.0. The summed E-state index contributed by atoms with van der Waals surface area (Å²) in [7, 11) is 0. The summed E-state index contributed by atoms with van der Waals surface area (Å²) >= 11 is 0. The summed E-state index contributed by atoms with van der Waals surface area (Å²) in [5.74, 6) is -1.83. The number of pyridine rings is 1. The standard InChI is InChI=1S/C23H27FN6O3/c1-12-19-14(22(33)30-8-7-25-11-17(30)21(32)27-23(2,3)4)10-16(26-20(19)29-28-12)13-5-6-18(31)15(24)9-13/h5-6,9-10,17,25,31H,7-8,11H2,1-4H3,(H,27,32)(H,26,28,29)/t17-/m0/s1. The normalized spacial score (nSPS) is 16.8. The van der Waals surface area contributed by atoms with Gasteiger partial charge in [0.2, 0.25) is 5.91 Å². The number of nitrogens with one attached hydrogen (secondary N) is 3. The average Bonchev–Trinajstić information content (AvgIpc) is 3.14. The van der Waals surface area contributed by atoms with E-state index in [0.717, 1.165) is 6.07 Å². The Kier molecular flexibility index (Phi) is 5.79. The molecule has 2 amide bonds. The molecular formula is C23H27FN6O3. The van der Waals surface area contributed by atoms with Crippen LogP contribution in [-0.2, 0) is 4.79 Å². The molecule has 3 heterocycles. The number of amides is 2. The first kappa shape index (κ1) is 22.7. The number of phenols is 1. The molecule has 0 spiro atoms. The van der Waals surface area contributed by atoms with Crippen molar-refractivity contribution in [2.24, 2.45) is 0 Å². The second-order valence-electron chi connectivity index (χ2n) is 9.23. The van der Waals surface area contributed by atoms with E-state index in [0.29, 0.717) is 53.2 Å². The number of aryl methyl sites for hydroxylation is 1. The molecule has 174 valence electrons. The lowest BCUT2D eigenvalue weighted by Gasteiger charge is -2.37. The van der Waals surface area contributed by atoms with Gasteiger partial charge < -0.3 is 20.6 Å². The molecule has 0 aliphatic carbocycles. The van der Waals surface area contributed by atoms with Crippen molar-refractivity contribution < 1.29 is 19.1 Å². The Morgan fingerprint density at radius 3 is 2.73 bits per heavy atom. The van der Waals surface area contributed by atoms with Crippen molar-refractivity contribution in [3.8, 4) is 17.0 Å². The van der Waals surface area contributed by atoms with E-state index in [1.54, 1.807) is 17.9 Å². The van der Waals surface area contributed by atoms with Gasteiger partial charge in [-0.2, -0.15) is 5.10 Å². The number of carbonyl (C=O) groups is 2. The highest BCUT2D eigenvalue weighted by Crippen LogP contribution is 2.29. The van der Waals surface area contributed by atoms with Crippen molar-refractivity contribution in [2.75, 3.05) is 19.6 Å². The zero-order chi connectivity index (χ0) is 23.9. The van der Waals surface area contributed by atoms with Crippen LogP contribution in [0.3, 0.4) is 0 Å². The molecule has 0 radical (unpaired) electrons. The minimum atomic E-state index is -0.790. The number of fused-ring (bicyclic) bond motifs is 1. The van der Waals surface area contributed by atoms with Gasteiger partial charge >= 0.3 is 0 Å². The number of aromatic amines is 1. The number of hydrogen-bond donors (Lipinski definition) is 4. The number of H-pyrrole nitrogens is 1. The fourth-order valence-corrected chi connectivity index (χ4v) is 3.95. The van der Waals surface area contributed by atoms with Crippen molar-refractivity contribution >= 4 is 22.8 Å². The maximum atomic E-state index is 14.0. The molecule has 33 heavy (non-hydrogen) atoms. The number of carbonyl (C=O) groups excluding carboxylic acids is 2. The van der Waals surface area contributed by atoms with Gasteiger partial charge in [0.25, 0.3) is 5.91 Å². The topological polar surface area (TPSA) is 123 Å². The lowest BCUT2D eigenvalue weighted by atomic mass is 10.0. The first-order valence-corrected chi connectivity index (χ1v) is 10.7. The summed E-state index contributed by atoms with van der Waals surface area (Å²) in [6, 6.07) is 4.80. The number of halogens is 1. The maximum absolute atomic E-state index is 14.0. The molecule has 0 bridgehead atoms. The summed E-state index contributed by atoms with van der Waals surface area (Å²) in [6.45, 7) is 8.69. The number of nitrogens with zero attached hydrogens (tertiary/aromatic N) is 3. The second-order valence-corrected chi connectivity index (χ2v) is 9.23. The van der Waals surface area contributed by atoms with Gasteiger partial charge in [-0.3, -0.25) is 14.7 Å². The van der Waals surface area contributed by atoms with Crippen molar-refractivity contribution in [3.63, 3.8) is 0 Å². The second kappa shape index (κ2) is 8.43. The highest BCUT2D eigenvalue weighted by atomic mass is 19.1. The Balaban J connectivity index is 1.78.